The van der Waals surface area contributed by atoms with Gasteiger partial charge in [0, 0.05) is 17.3 Å². The number of nitrogens with one attached hydrogen (secondary N) is 2. The number of ether oxygens (including phenoxy) is 2. The molecule has 0 aliphatic carbocycles. The molecule has 0 saturated heterocycles. The zero-order valence-corrected chi connectivity index (χ0v) is 11.5. The van der Waals surface area contributed by atoms with Crippen molar-refractivity contribution < 1.29 is 14.3 Å². The third-order valence-corrected chi connectivity index (χ3v) is 3.27. The number of carbonyl (C=O) groups excluding carboxylic acids is 1. The van der Waals surface area contributed by atoms with Gasteiger partial charge in [0.2, 0.25) is 6.79 Å². The van der Waals surface area contributed by atoms with E-state index in [0.717, 1.165) is 11.3 Å². The molecule has 0 atom stereocenters. The van der Waals surface area contributed by atoms with E-state index in [1.165, 1.54) is 0 Å². The number of nitrogen functional groups attached to an aromatic ring is 1. The molecule has 2 aromatic rings. The first-order valence-corrected chi connectivity index (χ1v) is 6.45. The van der Waals surface area contributed by atoms with E-state index in [2.05, 4.69) is 10.7 Å². The Morgan fingerprint density at radius 3 is 2.71 bits per heavy atom. The molecule has 21 heavy (non-hydrogen) atoms. The molecule has 1 heterocycles. The second-order valence-corrected chi connectivity index (χ2v) is 4.70. The van der Waals surface area contributed by atoms with Crippen LogP contribution in [-0.2, 0) is 0 Å². The van der Waals surface area contributed by atoms with Gasteiger partial charge in [-0.15, -0.1) is 0 Å². The minimum Gasteiger partial charge on any atom is -0.454 e. The molecule has 0 radical (unpaired) electrons. The summed E-state index contributed by atoms with van der Waals surface area (Å²) in [5.41, 5.74) is 5.48. The molecular weight excluding hydrogens is 270 g/mol. The Labute approximate surface area is 121 Å². The van der Waals surface area contributed by atoms with Crippen LogP contribution in [0.25, 0.3) is 0 Å². The molecule has 0 bridgehead atoms. The van der Waals surface area contributed by atoms with Crippen LogP contribution in [-0.4, -0.2) is 12.7 Å². The third kappa shape index (κ3) is 2.61. The summed E-state index contributed by atoms with van der Waals surface area (Å²) >= 11 is 0. The Hall–Kier alpha value is -2.73. The van der Waals surface area contributed by atoms with Gasteiger partial charge in [-0.3, -0.25) is 10.6 Å². The lowest BCUT2D eigenvalue weighted by atomic mass is 10.1. The molecule has 0 unspecified atom stereocenters. The minimum atomic E-state index is -0.194. The highest BCUT2D eigenvalue weighted by Gasteiger charge is 2.14. The minimum absolute atomic E-state index is 0.194. The second-order valence-electron chi connectivity index (χ2n) is 4.70. The predicted octanol–water partition coefficient (Wildman–Crippen LogP) is 2.26. The highest BCUT2D eigenvalue weighted by Crippen LogP contribution is 2.34. The maximum absolute atomic E-state index is 12.2. The van der Waals surface area contributed by atoms with E-state index >= 15 is 0 Å². The maximum Gasteiger partial charge on any atom is 0.255 e. The van der Waals surface area contributed by atoms with E-state index in [9.17, 15) is 4.79 Å². The van der Waals surface area contributed by atoms with Gasteiger partial charge in [-0.1, -0.05) is 0 Å². The number of nitrogens with two attached hydrogens (primary N) is 1. The SMILES string of the molecule is Cc1cc(C(=O)Nc2ccc3c(c2)OCO3)ccc1NN. The highest BCUT2D eigenvalue weighted by molar-refractivity contribution is 6.04. The smallest absolute Gasteiger partial charge is 0.255 e. The molecule has 0 saturated carbocycles. The van der Waals surface area contributed by atoms with Crippen LogP contribution in [0.2, 0.25) is 0 Å². The Kier molecular flexibility index (Phi) is 3.37. The summed E-state index contributed by atoms with van der Waals surface area (Å²) in [6.45, 7) is 2.09. The van der Waals surface area contributed by atoms with Crippen LogP contribution in [0.1, 0.15) is 15.9 Å². The van der Waals surface area contributed by atoms with E-state index in [0.29, 0.717) is 22.7 Å². The summed E-state index contributed by atoms with van der Waals surface area (Å²) in [6, 6.07) is 10.5. The Morgan fingerprint density at radius 2 is 1.95 bits per heavy atom. The quantitative estimate of drug-likeness (QED) is 0.595. The number of hydrogen-bond acceptors (Lipinski definition) is 5. The summed E-state index contributed by atoms with van der Waals surface area (Å²) in [6.07, 6.45) is 0. The third-order valence-electron chi connectivity index (χ3n) is 3.27. The van der Waals surface area contributed by atoms with Gasteiger partial charge < -0.3 is 20.2 Å². The van der Waals surface area contributed by atoms with E-state index in [1.54, 1.807) is 36.4 Å². The molecule has 6 heteroatoms. The largest absolute Gasteiger partial charge is 0.454 e. The lowest BCUT2D eigenvalue weighted by Gasteiger charge is -2.09. The fraction of sp³-hybridized carbons (Fsp3) is 0.133. The number of hydrogen-bond donors (Lipinski definition) is 3. The molecule has 0 spiro atoms. The van der Waals surface area contributed by atoms with Crippen LogP contribution in [0, 0.1) is 6.92 Å². The first-order chi connectivity index (χ1) is 10.2. The van der Waals surface area contributed by atoms with Crippen LogP contribution >= 0.6 is 0 Å². The number of rotatable bonds is 3. The Morgan fingerprint density at radius 1 is 1.14 bits per heavy atom. The summed E-state index contributed by atoms with van der Waals surface area (Å²) in [5.74, 6) is 6.50. The molecule has 4 N–H and O–H groups in total. The maximum atomic E-state index is 12.2. The van der Waals surface area contributed by atoms with Crippen molar-refractivity contribution in [2.75, 3.05) is 17.5 Å². The van der Waals surface area contributed by atoms with Gasteiger partial charge in [0.15, 0.2) is 11.5 Å². The second kappa shape index (κ2) is 5.34. The van der Waals surface area contributed by atoms with Gasteiger partial charge in [0.05, 0.1) is 5.69 Å². The van der Waals surface area contributed by atoms with Crippen LogP contribution in [0.5, 0.6) is 11.5 Å². The molecule has 1 aliphatic rings. The van der Waals surface area contributed by atoms with Crippen molar-refractivity contribution in [1.82, 2.24) is 0 Å². The van der Waals surface area contributed by atoms with Crippen LogP contribution in [0.4, 0.5) is 11.4 Å². The molecule has 2 aromatic carbocycles. The van der Waals surface area contributed by atoms with Crippen molar-refractivity contribution in [2.45, 2.75) is 6.92 Å². The molecule has 0 fully saturated rings. The first-order valence-electron chi connectivity index (χ1n) is 6.45. The van der Waals surface area contributed by atoms with Gasteiger partial charge in [-0.05, 0) is 42.8 Å². The number of aryl methyl sites for hydroxylation is 1. The zero-order chi connectivity index (χ0) is 14.8. The van der Waals surface area contributed by atoms with Gasteiger partial charge >= 0.3 is 0 Å². The molecule has 0 aromatic heterocycles. The molecule has 6 nitrogen and oxygen atoms in total. The van der Waals surface area contributed by atoms with Crippen molar-refractivity contribution in [1.29, 1.82) is 0 Å². The number of fused-ring (bicyclic) bond motifs is 1. The molecular formula is C15H15N3O3. The predicted molar refractivity (Wildman–Crippen MR) is 79.5 cm³/mol. The monoisotopic (exact) mass is 285 g/mol. The van der Waals surface area contributed by atoms with Crippen molar-refractivity contribution >= 4 is 17.3 Å². The fourth-order valence-corrected chi connectivity index (χ4v) is 2.14. The number of carbonyl (C=O) groups is 1. The number of benzene rings is 2. The summed E-state index contributed by atoms with van der Waals surface area (Å²) in [4.78, 5) is 12.2. The molecule has 1 aliphatic heterocycles. The normalized spacial score (nSPS) is 12.1. The van der Waals surface area contributed by atoms with Gasteiger partial charge in [0.25, 0.3) is 5.91 Å². The van der Waals surface area contributed by atoms with E-state index in [1.807, 2.05) is 6.92 Å². The number of anilines is 2. The van der Waals surface area contributed by atoms with Crippen molar-refractivity contribution in [3.05, 3.63) is 47.5 Å². The number of hydrazine groups is 1. The standard InChI is InChI=1S/C15H15N3O3/c1-9-6-10(2-4-12(9)18-16)15(19)17-11-3-5-13-14(7-11)21-8-20-13/h2-7,18H,8,16H2,1H3,(H,17,19). The average Bonchev–Trinajstić information content (AvgIpc) is 2.94. The lowest BCUT2D eigenvalue weighted by Crippen LogP contribution is -2.13. The zero-order valence-electron chi connectivity index (χ0n) is 11.5. The average molecular weight is 285 g/mol. The van der Waals surface area contributed by atoms with Gasteiger partial charge in [-0.2, -0.15) is 0 Å². The summed E-state index contributed by atoms with van der Waals surface area (Å²) in [5, 5.41) is 2.83. The van der Waals surface area contributed by atoms with Crippen LogP contribution < -0.4 is 26.1 Å². The fourth-order valence-electron chi connectivity index (χ4n) is 2.14. The van der Waals surface area contributed by atoms with Crippen LogP contribution in [0.15, 0.2) is 36.4 Å². The topological polar surface area (TPSA) is 85.6 Å². The van der Waals surface area contributed by atoms with Gasteiger partial charge in [0.1, 0.15) is 0 Å². The highest BCUT2D eigenvalue weighted by atomic mass is 16.7. The van der Waals surface area contributed by atoms with Gasteiger partial charge in [-0.25, -0.2) is 0 Å². The number of amides is 1. The van der Waals surface area contributed by atoms with E-state index < -0.39 is 0 Å². The summed E-state index contributed by atoms with van der Waals surface area (Å²) < 4.78 is 10.5. The van der Waals surface area contributed by atoms with E-state index in [4.69, 9.17) is 15.3 Å². The Balaban J connectivity index is 1.78. The molecule has 108 valence electrons. The van der Waals surface area contributed by atoms with Crippen molar-refractivity contribution in [2.24, 2.45) is 5.84 Å². The molecule has 1 amide bonds. The first kappa shape index (κ1) is 13.3. The van der Waals surface area contributed by atoms with Crippen LogP contribution in [0.3, 0.4) is 0 Å². The van der Waals surface area contributed by atoms with E-state index in [-0.39, 0.29) is 12.7 Å². The lowest BCUT2D eigenvalue weighted by molar-refractivity contribution is 0.102. The Bertz CT molecular complexity index is 701. The van der Waals surface area contributed by atoms with Crippen molar-refractivity contribution in [3.63, 3.8) is 0 Å². The molecule has 3 rings (SSSR count). The summed E-state index contributed by atoms with van der Waals surface area (Å²) in [7, 11) is 0. The van der Waals surface area contributed by atoms with Crippen molar-refractivity contribution in [3.8, 4) is 11.5 Å².